The van der Waals surface area contributed by atoms with E-state index in [2.05, 4.69) is 26.2 Å². The molecule has 2 aromatic rings. The van der Waals surface area contributed by atoms with E-state index >= 15 is 0 Å². The van der Waals surface area contributed by atoms with Crippen molar-refractivity contribution in [3.05, 3.63) is 51.7 Å². The number of pyridine rings is 1. The summed E-state index contributed by atoms with van der Waals surface area (Å²) < 4.78 is 22.8. The van der Waals surface area contributed by atoms with E-state index in [4.69, 9.17) is 16.7 Å². The summed E-state index contributed by atoms with van der Waals surface area (Å²) in [7, 11) is -3.80. The van der Waals surface area contributed by atoms with Crippen LogP contribution in [-0.4, -0.2) is 19.3 Å². The number of amides is 1. The lowest BCUT2D eigenvalue weighted by Gasteiger charge is -2.09. The molecule has 1 aromatic carbocycles. The number of nitrogens with zero attached hydrogens (tertiary/aromatic N) is 1. The van der Waals surface area contributed by atoms with Gasteiger partial charge in [-0.25, -0.2) is 13.6 Å². The van der Waals surface area contributed by atoms with Gasteiger partial charge in [-0.05, 0) is 40.2 Å². The van der Waals surface area contributed by atoms with Crippen LogP contribution in [0.2, 0.25) is 5.02 Å². The zero-order chi connectivity index (χ0) is 15.6. The SMILES string of the molecule is NS(=O)(=O)c1ccc(NC(=O)c2ccncc2Cl)c(Br)c1. The quantitative estimate of drug-likeness (QED) is 0.840. The molecule has 0 aliphatic carbocycles. The number of primary sulfonamides is 1. The number of halogens is 2. The molecule has 6 nitrogen and oxygen atoms in total. The Morgan fingerprint density at radius 2 is 2.05 bits per heavy atom. The van der Waals surface area contributed by atoms with Crippen LogP contribution in [-0.2, 0) is 10.0 Å². The minimum Gasteiger partial charge on any atom is -0.321 e. The number of carbonyl (C=O) groups is 1. The van der Waals surface area contributed by atoms with Crippen molar-refractivity contribution in [2.75, 3.05) is 5.32 Å². The van der Waals surface area contributed by atoms with Crippen molar-refractivity contribution in [1.82, 2.24) is 4.98 Å². The molecule has 0 spiro atoms. The Hall–Kier alpha value is -1.48. The molecule has 0 atom stereocenters. The van der Waals surface area contributed by atoms with Gasteiger partial charge in [0, 0.05) is 16.9 Å². The van der Waals surface area contributed by atoms with Crippen LogP contribution in [0.3, 0.4) is 0 Å². The van der Waals surface area contributed by atoms with E-state index in [-0.39, 0.29) is 15.5 Å². The van der Waals surface area contributed by atoms with Crippen molar-refractivity contribution < 1.29 is 13.2 Å². The number of benzene rings is 1. The summed E-state index contributed by atoms with van der Waals surface area (Å²) in [5, 5.41) is 7.85. The largest absolute Gasteiger partial charge is 0.321 e. The first kappa shape index (κ1) is 15.9. The highest BCUT2D eigenvalue weighted by Gasteiger charge is 2.14. The Morgan fingerprint density at radius 1 is 1.33 bits per heavy atom. The third-order valence-electron chi connectivity index (χ3n) is 2.53. The van der Waals surface area contributed by atoms with Crippen LogP contribution in [0.15, 0.2) is 46.0 Å². The molecular formula is C12H9BrClN3O3S. The Bertz CT molecular complexity index is 811. The second kappa shape index (κ2) is 6.10. The summed E-state index contributed by atoms with van der Waals surface area (Å²) in [6.45, 7) is 0. The molecule has 3 N–H and O–H groups in total. The summed E-state index contributed by atoms with van der Waals surface area (Å²) in [4.78, 5) is 15.8. The molecule has 21 heavy (non-hydrogen) atoms. The van der Waals surface area contributed by atoms with E-state index < -0.39 is 15.9 Å². The second-order valence-electron chi connectivity index (χ2n) is 4.00. The molecule has 1 amide bonds. The van der Waals surface area contributed by atoms with Crippen molar-refractivity contribution in [2.45, 2.75) is 4.90 Å². The highest BCUT2D eigenvalue weighted by molar-refractivity contribution is 9.10. The summed E-state index contributed by atoms with van der Waals surface area (Å²) in [6, 6.07) is 5.50. The molecule has 1 heterocycles. The minimum absolute atomic E-state index is 0.0608. The highest BCUT2D eigenvalue weighted by Crippen LogP contribution is 2.26. The van der Waals surface area contributed by atoms with Crippen LogP contribution in [0.4, 0.5) is 5.69 Å². The lowest BCUT2D eigenvalue weighted by Crippen LogP contribution is -2.14. The van der Waals surface area contributed by atoms with Gasteiger partial charge in [0.2, 0.25) is 10.0 Å². The topological polar surface area (TPSA) is 102 Å². The number of sulfonamides is 1. The first-order valence-corrected chi connectivity index (χ1v) is 8.24. The second-order valence-corrected chi connectivity index (χ2v) is 6.82. The average Bonchev–Trinajstić information content (AvgIpc) is 2.40. The summed E-state index contributed by atoms with van der Waals surface area (Å²) in [5.41, 5.74) is 0.648. The zero-order valence-electron chi connectivity index (χ0n) is 10.4. The fourth-order valence-corrected chi connectivity index (χ4v) is 2.90. The number of nitrogens with two attached hydrogens (primary N) is 1. The monoisotopic (exact) mass is 389 g/mol. The summed E-state index contributed by atoms with van der Waals surface area (Å²) in [6.07, 6.45) is 2.80. The van der Waals surface area contributed by atoms with Crippen molar-refractivity contribution in [3.8, 4) is 0 Å². The van der Waals surface area contributed by atoms with Crippen LogP contribution < -0.4 is 10.5 Å². The average molecular weight is 391 g/mol. The third kappa shape index (κ3) is 3.79. The minimum atomic E-state index is -3.80. The normalized spacial score (nSPS) is 11.2. The van der Waals surface area contributed by atoms with Gasteiger partial charge in [-0.1, -0.05) is 11.6 Å². The third-order valence-corrected chi connectivity index (χ3v) is 4.40. The Balaban J connectivity index is 2.29. The van der Waals surface area contributed by atoms with Crippen LogP contribution in [0.25, 0.3) is 0 Å². The van der Waals surface area contributed by atoms with Crippen LogP contribution in [0, 0.1) is 0 Å². The van der Waals surface area contributed by atoms with Crippen LogP contribution >= 0.6 is 27.5 Å². The Labute approximate surface area is 134 Å². The van der Waals surface area contributed by atoms with Crippen LogP contribution in [0.1, 0.15) is 10.4 Å². The predicted octanol–water partition coefficient (Wildman–Crippen LogP) is 2.40. The van der Waals surface area contributed by atoms with Gasteiger partial charge in [0.05, 0.1) is 21.2 Å². The molecular weight excluding hydrogens is 382 g/mol. The van der Waals surface area contributed by atoms with E-state index in [0.29, 0.717) is 10.2 Å². The Kier molecular flexibility index (Phi) is 4.62. The van der Waals surface area contributed by atoms with Gasteiger partial charge in [0.1, 0.15) is 0 Å². The number of hydrogen-bond donors (Lipinski definition) is 2. The number of nitrogens with one attached hydrogen (secondary N) is 1. The molecule has 2 rings (SSSR count). The maximum atomic E-state index is 12.1. The van der Waals surface area contributed by atoms with E-state index in [0.717, 1.165) is 0 Å². The van der Waals surface area contributed by atoms with E-state index in [1.54, 1.807) is 0 Å². The highest BCUT2D eigenvalue weighted by atomic mass is 79.9. The van der Waals surface area contributed by atoms with E-state index in [1.807, 2.05) is 0 Å². The van der Waals surface area contributed by atoms with Gasteiger partial charge in [-0.2, -0.15) is 0 Å². The maximum absolute atomic E-state index is 12.1. The number of aromatic nitrogens is 1. The maximum Gasteiger partial charge on any atom is 0.257 e. The fourth-order valence-electron chi connectivity index (χ4n) is 1.52. The zero-order valence-corrected chi connectivity index (χ0v) is 13.5. The van der Waals surface area contributed by atoms with Crippen molar-refractivity contribution in [1.29, 1.82) is 0 Å². The van der Waals surface area contributed by atoms with Crippen molar-refractivity contribution in [2.24, 2.45) is 5.14 Å². The molecule has 0 saturated heterocycles. The van der Waals surface area contributed by atoms with Gasteiger partial charge in [-0.3, -0.25) is 9.78 Å². The first-order chi connectivity index (χ1) is 9.79. The molecule has 0 saturated carbocycles. The molecule has 0 unspecified atom stereocenters. The molecule has 0 bridgehead atoms. The molecule has 0 fully saturated rings. The van der Waals surface area contributed by atoms with Crippen LogP contribution in [0.5, 0.6) is 0 Å². The van der Waals surface area contributed by atoms with Gasteiger partial charge in [0.15, 0.2) is 0 Å². The lowest BCUT2D eigenvalue weighted by atomic mass is 10.2. The molecule has 9 heteroatoms. The van der Waals surface area contributed by atoms with Crippen molar-refractivity contribution >= 4 is 49.1 Å². The summed E-state index contributed by atoms with van der Waals surface area (Å²) in [5.74, 6) is -0.438. The molecule has 110 valence electrons. The smallest absolute Gasteiger partial charge is 0.257 e. The fraction of sp³-hybridized carbons (Fsp3) is 0. The Morgan fingerprint density at radius 3 is 2.62 bits per heavy atom. The molecule has 0 radical (unpaired) electrons. The number of anilines is 1. The molecule has 0 aliphatic rings. The standard InChI is InChI=1S/C12H9BrClN3O3S/c13-9-5-7(21(15,19)20)1-2-11(9)17-12(18)8-3-4-16-6-10(8)14/h1-6H,(H,17,18)(H2,15,19,20). The summed E-state index contributed by atoms with van der Waals surface area (Å²) >= 11 is 9.06. The lowest BCUT2D eigenvalue weighted by molar-refractivity contribution is 0.102. The van der Waals surface area contributed by atoms with Gasteiger partial charge in [0.25, 0.3) is 5.91 Å². The number of hydrogen-bond acceptors (Lipinski definition) is 4. The molecule has 0 aliphatic heterocycles. The van der Waals surface area contributed by atoms with Crippen molar-refractivity contribution in [3.63, 3.8) is 0 Å². The molecule has 1 aromatic heterocycles. The van der Waals surface area contributed by atoms with Gasteiger partial charge in [-0.15, -0.1) is 0 Å². The van der Waals surface area contributed by atoms with Gasteiger partial charge >= 0.3 is 0 Å². The predicted molar refractivity (Wildman–Crippen MR) is 82.7 cm³/mol. The first-order valence-electron chi connectivity index (χ1n) is 5.52. The number of carbonyl (C=O) groups excluding carboxylic acids is 1. The van der Waals surface area contributed by atoms with E-state index in [1.165, 1.54) is 36.7 Å². The van der Waals surface area contributed by atoms with Gasteiger partial charge < -0.3 is 5.32 Å². The van der Waals surface area contributed by atoms with E-state index in [9.17, 15) is 13.2 Å². The number of rotatable bonds is 3.